The van der Waals surface area contributed by atoms with Crippen LogP contribution in [0.2, 0.25) is 0 Å². The minimum Gasteiger partial charge on any atom is -0.798 e. The van der Waals surface area contributed by atoms with Crippen LogP contribution in [0.5, 0.6) is 0 Å². The van der Waals surface area contributed by atoms with Crippen LogP contribution in [-0.4, -0.2) is 57.6 Å². The molecule has 0 saturated carbocycles. The van der Waals surface area contributed by atoms with Crippen molar-refractivity contribution in [3.05, 3.63) is 0 Å². The lowest BCUT2D eigenvalue weighted by molar-refractivity contribution is -0.178. The molecule has 8 heteroatoms. The van der Waals surface area contributed by atoms with E-state index in [2.05, 4.69) is 9.47 Å². The molecule has 0 rings (SSSR count). The standard InChI is InChI=1S/C10H20NO6P/c1-11(2)7-18(14,15)6-8(10(13)17-4)5-9(12)16-3/h8H,5-7H2,1-4H3,(H,14,15)/p-1. The summed E-state index contributed by atoms with van der Waals surface area (Å²) in [4.78, 5) is 35.8. The predicted molar refractivity (Wildman–Crippen MR) is 63.2 cm³/mol. The van der Waals surface area contributed by atoms with E-state index in [0.29, 0.717) is 0 Å². The van der Waals surface area contributed by atoms with Gasteiger partial charge < -0.3 is 23.8 Å². The molecule has 0 aliphatic heterocycles. The molecule has 0 N–H and O–H groups in total. The molecule has 2 unspecified atom stereocenters. The third-order valence-corrected chi connectivity index (χ3v) is 4.17. The Labute approximate surface area is 107 Å². The lowest BCUT2D eigenvalue weighted by Gasteiger charge is -2.29. The molecule has 0 bridgehead atoms. The summed E-state index contributed by atoms with van der Waals surface area (Å²) in [7, 11) is 1.77. The normalized spacial score (nSPS) is 15.9. The third kappa shape index (κ3) is 6.74. The van der Waals surface area contributed by atoms with Crippen molar-refractivity contribution in [2.45, 2.75) is 6.42 Å². The molecule has 0 saturated heterocycles. The molecular weight excluding hydrogens is 261 g/mol. The largest absolute Gasteiger partial charge is 0.798 e. The lowest BCUT2D eigenvalue weighted by atomic mass is 10.1. The number of carbonyl (C=O) groups is 2. The van der Waals surface area contributed by atoms with Gasteiger partial charge in [0.2, 0.25) is 0 Å². The molecular formula is C10H19NO6P-. The van der Waals surface area contributed by atoms with Crippen LogP contribution >= 0.6 is 7.37 Å². The molecule has 0 aromatic heterocycles. The summed E-state index contributed by atoms with van der Waals surface area (Å²) in [6.07, 6.45) is -0.878. The fourth-order valence-electron chi connectivity index (χ4n) is 1.50. The summed E-state index contributed by atoms with van der Waals surface area (Å²) in [6.45, 7) is 0. The van der Waals surface area contributed by atoms with Crippen LogP contribution in [0.3, 0.4) is 0 Å². The molecule has 0 spiro atoms. The van der Waals surface area contributed by atoms with Crippen molar-refractivity contribution in [2.75, 3.05) is 40.8 Å². The Morgan fingerprint density at radius 2 is 1.83 bits per heavy atom. The van der Waals surface area contributed by atoms with Gasteiger partial charge in [0.1, 0.15) is 0 Å². The highest BCUT2D eigenvalue weighted by Crippen LogP contribution is 2.39. The van der Waals surface area contributed by atoms with Crippen LogP contribution in [0.25, 0.3) is 0 Å². The van der Waals surface area contributed by atoms with E-state index < -0.39 is 31.4 Å². The molecule has 2 atom stereocenters. The van der Waals surface area contributed by atoms with E-state index in [9.17, 15) is 19.0 Å². The summed E-state index contributed by atoms with van der Waals surface area (Å²) in [5, 5.41) is 0. The van der Waals surface area contributed by atoms with Crippen LogP contribution in [0.15, 0.2) is 0 Å². The molecule has 0 aliphatic carbocycles. The molecule has 0 aromatic rings. The van der Waals surface area contributed by atoms with Gasteiger partial charge in [-0.2, -0.15) is 0 Å². The second-order valence-electron chi connectivity index (χ2n) is 4.22. The van der Waals surface area contributed by atoms with Gasteiger partial charge in [0.15, 0.2) is 0 Å². The number of nitrogens with zero attached hydrogens (tertiary/aromatic N) is 1. The first-order valence-corrected chi connectivity index (χ1v) is 7.30. The number of hydrogen-bond donors (Lipinski definition) is 0. The maximum Gasteiger partial charge on any atom is 0.309 e. The average Bonchev–Trinajstić information content (AvgIpc) is 2.24. The fourth-order valence-corrected chi connectivity index (χ4v) is 3.43. The van der Waals surface area contributed by atoms with Crippen molar-refractivity contribution in [2.24, 2.45) is 5.92 Å². The fraction of sp³-hybridized carbons (Fsp3) is 0.800. The SMILES string of the molecule is COC(=O)CC(CP(=O)([O-])CN(C)C)C(=O)OC. The first kappa shape index (κ1) is 17.1. The monoisotopic (exact) mass is 280 g/mol. The van der Waals surface area contributed by atoms with Crippen LogP contribution in [-0.2, 0) is 23.6 Å². The van der Waals surface area contributed by atoms with E-state index in [1.807, 2.05) is 0 Å². The minimum absolute atomic E-state index is 0.165. The number of ether oxygens (including phenoxy) is 2. The summed E-state index contributed by atoms with van der Waals surface area (Å²) < 4.78 is 20.7. The zero-order valence-electron chi connectivity index (χ0n) is 11.0. The van der Waals surface area contributed by atoms with E-state index in [0.717, 1.165) is 7.11 Å². The number of carbonyl (C=O) groups excluding carboxylic acids is 2. The topological polar surface area (TPSA) is 96.0 Å². The van der Waals surface area contributed by atoms with E-state index in [1.54, 1.807) is 14.1 Å². The van der Waals surface area contributed by atoms with E-state index in [1.165, 1.54) is 12.0 Å². The lowest BCUT2D eigenvalue weighted by Crippen LogP contribution is -2.29. The van der Waals surface area contributed by atoms with Gasteiger partial charge in [-0.05, 0) is 14.1 Å². The number of esters is 2. The van der Waals surface area contributed by atoms with Gasteiger partial charge in [-0.3, -0.25) is 9.59 Å². The van der Waals surface area contributed by atoms with Gasteiger partial charge in [-0.25, -0.2) is 0 Å². The summed E-state index contributed by atoms with van der Waals surface area (Å²) in [5.74, 6) is -2.39. The summed E-state index contributed by atoms with van der Waals surface area (Å²) in [6, 6.07) is 0. The Bertz CT molecular complexity index is 343. The number of hydrogen-bond acceptors (Lipinski definition) is 7. The highest BCUT2D eigenvalue weighted by atomic mass is 31.2. The maximum absolute atomic E-state index is 11.8. The Kier molecular flexibility index (Phi) is 7.13. The molecule has 0 aliphatic rings. The second kappa shape index (κ2) is 7.51. The maximum atomic E-state index is 11.8. The molecule has 18 heavy (non-hydrogen) atoms. The molecule has 0 amide bonds. The van der Waals surface area contributed by atoms with Gasteiger partial charge in [-0.15, -0.1) is 0 Å². The first-order valence-electron chi connectivity index (χ1n) is 5.30. The van der Waals surface area contributed by atoms with E-state index in [-0.39, 0.29) is 12.7 Å². The molecule has 106 valence electrons. The zero-order valence-corrected chi connectivity index (χ0v) is 11.9. The van der Waals surface area contributed by atoms with Crippen LogP contribution in [0.4, 0.5) is 0 Å². The van der Waals surface area contributed by atoms with Gasteiger partial charge in [0.05, 0.1) is 26.6 Å². The Balaban J connectivity index is 4.73. The van der Waals surface area contributed by atoms with Crippen molar-refractivity contribution in [3.8, 4) is 0 Å². The second-order valence-corrected chi connectivity index (χ2v) is 6.50. The number of rotatable bonds is 7. The van der Waals surface area contributed by atoms with Crippen molar-refractivity contribution in [3.63, 3.8) is 0 Å². The quantitative estimate of drug-likeness (QED) is 0.458. The van der Waals surface area contributed by atoms with E-state index in [4.69, 9.17) is 0 Å². The smallest absolute Gasteiger partial charge is 0.309 e. The third-order valence-electron chi connectivity index (χ3n) is 2.17. The Hall–Kier alpha value is -0.910. The van der Waals surface area contributed by atoms with Crippen LogP contribution in [0.1, 0.15) is 6.42 Å². The van der Waals surface area contributed by atoms with Crippen molar-refractivity contribution in [1.29, 1.82) is 0 Å². The average molecular weight is 280 g/mol. The van der Waals surface area contributed by atoms with Gasteiger partial charge in [0.25, 0.3) is 0 Å². The summed E-state index contributed by atoms with van der Waals surface area (Å²) >= 11 is 0. The van der Waals surface area contributed by atoms with Crippen molar-refractivity contribution in [1.82, 2.24) is 4.90 Å². The van der Waals surface area contributed by atoms with Crippen molar-refractivity contribution < 1.29 is 28.5 Å². The zero-order chi connectivity index (χ0) is 14.3. The molecule has 0 fully saturated rings. The molecule has 0 heterocycles. The minimum atomic E-state index is -3.77. The van der Waals surface area contributed by atoms with Gasteiger partial charge >= 0.3 is 11.9 Å². The van der Waals surface area contributed by atoms with Crippen LogP contribution < -0.4 is 4.89 Å². The van der Waals surface area contributed by atoms with Gasteiger partial charge in [0, 0.05) is 19.8 Å². The Morgan fingerprint density at radius 1 is 1.28 bits per heavy atom. The highest BCUT2D eigenvalue weighted by Gasteiger charge is 2.27. The number of methoxy groups -OCH3 is 2. The molecule has 0 aromatic carbocycles. The summed E-state index contributed by atoms with van der Waals surface area (Å²) in [5.41, 5.74) is 0. The molecule has 7 nitrogen and oxygen atoms in total. The Morgan fingerprint density at radius 3 is 2.22 bits per heavy atom. The van der Waals surface area contributed by atoms with Gasteiger partial charge in [-0.1, -0.05) is 0 Å². The van der Waals surface area contributed by atoms with E-state index >= 15 is 0 Å². The predicted octanol–water partition coefficient (Wildman–Crippen LogP) is -0.504. The first-order chi connectivity index (χ1) is 8.21. The van der Waals surface area contributed by atoms with Crippen LogP contribution in [0, 0.1) is 5.92 Å². The highest BCUT2D eigenvalue weighted by molar-refractivity contribution is 7.56. The van der Waals surface area contributed by atoms with Crippen molar-refractivity contribution >= 4 is 19.3 Å². The molecule has 0 radical (unpaired) electrons.